The number of hydrogen-bond acceptors (Lipinski definition) is 2. The van der Waals surface area contributed by atoms with Crippen LogP contribution in [-0.4, -0.2) is 7.11 Å². The SMILES string of the molecule is COc1cc(F)c(C(N)c2cc(C)cc(C)c2)c(F)c1. The quantitative estimate of drug-likeness (QED) is 0.929. The lowest BCUT2D eigenvalue weighted by Crippen LogP contribution is -2.16. The number of ether oxygens (including phenoxy) is 1. The Labute approximate surface area is 117 Å². The van der Waals surface area contributed by atoms with Gasteiger partial charge in [-0.05, 0) is 19.4 Å². The van der Waals surface area contributed by atoms with Crippen LogP contribution in [-0.2, 0) is 0 Å². The smallest absolute Gasteiger partial charge is 0.134 e. The largest absolute Gasteiger partial charge is 0.497 e. The molecule has 0 saturated carbocycles. The van der Waals surface area contributed by atoms with E-state index in [1.165, 1.54) is 7.11 Å². The molecule has 0 bridgehead atoms. The number of rotatable bonds is 3. The molecule has 2 N–H and O–H groups in total. The van der Waals surface area contributed by atoms with Gasteiger partial charge in [0.15, 0.2) is 0 Å². The number of methoxy groups -OCH3 is 1. The van der Waals surface area contributed by atoms with Gasteiger partial charge in [-0.2, -0.15) is 0 Å². The zero-order valence-corrected chi connectivity index (χ0v) is 11.7. The van der Waals surface area contributed by atoms with Crippen LogP contribution in [0.15, 0.2) is 30.3 Å². The molecule has 1 unspecified atom stereocenters. The summed E-state index contributed by atoms with van der Waals surface area (Å²) >= 11 is 0. The Morgan fingerprint density at radius 1 is 0.950 bits per heavy atom. The highest BCUT2D eigenvalue weighted by molar-refractivity contribution is 5.40. The summed E-state index contributed by atoms with van der Waals surface area (Å²) in [4.78, 5) is 0. The summed E-state index contributed by atoms with van der Waals surface area (Å²) in [6.45, 7) is 3.84. The molecule has 2 nitrogen and oxygen atoms in total. The van der Waals surface area contributed by atoms with Crippen LogP contribution in [0, 0.1) is 25.5 Å². The summed E-state index contributed by atoms with van der Waals surface area (Å²) in [5.41, 5.74) is 8.58. The van der Waals surface area contributed by atoms with Gasteiger partial charge < -0.3 is 10.5 Å². The second-order valence-corrected chi connectivity index (χ2v) is 4.90. The van der Waals surface area contributed by atoms with Crippen LogP contribution in [0.25, 0.3) is 0 Å². The van der Waals surface area contributed by atoms with Crippen molar-refractivity contribution in [2.75, 3.05) is 7.11 Å². The van der Waals surface area contributed by atoms with Crippen LogP contribution < -0.4 is 10.5 Å². The van der Waals surface area contributed by atoms with Crippen LogP contribution in [0.2, 0.25) is 0 Å². The second-order valence-electron chi connectivity index (χ2n) is 4.90. The minimum atomic E-state index is -0.848. The lowest BCUT2D eigenvalue weighted by molar-refractivity contribution is 0.404. The highest BCUT2D eigenvalue weighted by atomic mass is 19.1. The van der Waals surface area contributed by atoms with E-state index in [1.807, 2.05) is 32.0 Å². The summed E-state index contributed by atoms with van der Waals surface area (Å²) in [5.74, 6) is -1.27. The van der Waals surface area contributed by atoms with Crippen molar-refractivity contribution >= 4 is 0 Å². The molecule has 2 aromatic carbocycles. The maximum atomic E-state index is 14.0. The van der Waals surface area contributed by atoms with E-state index in [0.29, 0.717) is 5.56 Å². The van der Waals surface area contributed by atoms with Gasteiger partial charge in [0.05, 0.1) is 13.2 Å². The molecule has 0 saturated heterocycles. The molecule has 2 aromatic rings. The molecule has 106 valence electrons. The normalized spacial score (nSPS) is 12.3. The number of aryl methyl sites for hydroxylation is 2. The zero-order chi connectivity index (χ0) is 14.9. The molecule has 2 rings (SSSR count). The highest BCUT2D eigenvalue weighted by Crippen LogP contribution is 2.29. The Bertz CT molecular complexity index is 597. The monoisotopic (exact) mass is 277 g/mol. The first-order valence-corrected chi connectivity index (χ1v) is 6.29. The van der Waals surface area contributed by atoms with Crippen molar-refractivity contribution in [1.29, 1.82) is 0 Å². The van der Waals surface area contributed by atoms with Gasteiger partial charge in [-0.3, -0.25) is 0 Å². The first-order valence-electron chi connectivity index (χ1n) is 6.29. The van der Waals surface area contributed by atoms with Gasteiger partial charge in [0, 0.05) is 17.7 Å². The number of halogens is 2. The van der Waals surface area contributed by atoms with E-state index in [4.69, 9.17) is 10.5 Å². The molecule has 0 aliphatic heterocycles. The topological polar surface area (TPSA) is 35.2 Å². The van der Waals surface area contributed by atoms with Crippen molar-refractivity contribution in [3.8, 4) is 5.75 Å². The average Bonchev–Trinajstić information content (AvgIpc) is 2.36. The van der Waals surface area contributed by atoms with Gasteiger partial charge in [0.1, 0.15) is 17.4 Å². The van der Waals surface area contributed by atoms with Gasteiger partial charge in [0.25, 0.3) is 0 Å². The van der Waals surface area contributed by atoms with E-state index < -0.39 is 17.7 Å². The predicted octanol–water partition coefficient (Wildman–Crippen LogP) is 3.64. The van der Waals surface area contributed by atoms with Gasteiger partial charge in [0.2, 0.25) is 0 Å². The third kappa shape index (κ3) is 2.80. The van der Waals surface area contributed by atoms with Crippen molar-refractivity contribution in [3.63, 3.8) is 0 Å². The minimum absolute atomic E-state index is 0.136. The van der Waals surface area contributed by atoms with Crippen LogP contribution in [0.1, 0.15) is 28.3 Å². The summed E-state index contributed by atoms with van der Waals surface area (Å²) in [6.07, 6.45) is 0. The fourth-order valence-electron chi connectivity index (χ4n) is 2.33. The van der Waals surface area contributed by atoms with Crippen molar-refractivity contribution in [1.82, 2.24) is 0 Å². The maximum absolute atomic E-state index is 14.0. The van der Waals surface area contributed by atoms with E-state index in [1.54, 1.807) is 0 Å². The van der Waals surface area contributed by atoms with E-state index in [-0.39, 0.29) is 11.3 Å². The Balaban J connectivity index is 2.50. The van der Waals surface area contributed by atoms with Crippen LogP contribution in [0.3, 0.4) is 0 Å². The van der Waals surface area contributed by atoms with E-state index in [9.17, 15) is 8.78 Å². The molecule has 0 radical (unpaired) electrons. The van der Waals surface area contributed by atoms with Crippen LogP contribution in [0.5, 0.6) is 5.75 Å². The predicted molar refractivity (Wildman–Crippen MR) is 74.9 cm³/mol. The van der Waals surface area contributed by atoms with Gasteiger partial charge in [-0.25, -0.2) is 8.78 Å². The van der Waals surface area contributed by atoms with Gasteiger partial charge in [-0.15, -0.1) is 0 Å². The number of hydrogen-bond donors (Lipinski definition) is 1. The van der Waals surface area contributed by atoms with Crippen LogP contribution in [0.4, 0.5) is 8.78 Å². The molecule has 1 atom stereocenters. The van der Waals surface area contributed by atoms with Crippen LogP contribution >= 0.6 is 0 Å². The lowest BCUT2D eigenvalue weighted by Gasteiger charge is -2.16. The summed E-state index contributed by atoms with van der Waals surface area (Å²) in [5, 5.41) is 0. The number of benzene rings is 2. The summed E-state index contributed by atoms with van der Waals surface area (Å²) in [7, 11) is 1.36. The molecular formula is C16H17F2NO. The molecule has 4 heteroatoms. The lowest BCUT2D eigenvalue weighted by atomic mass is 9.95. The summed E-state index contributed by atoms with van der Waals surface area (Å²) in [6, 6.07) is 7.08. The molecule has 0 fully saturated rings. The van der Waals surface area contributed by atoms with Gasteiger partial charge in [-0.1, -0.05) is 29.3 Å². The first-order chi connectivity index (χ1) is 9.42. The Morgan fingerprint density at radius 3 is 1.90 bits per heavy atom. The van der Waals surface area contributed by atoms with Crippen molar-refractivity contribution < 1.29 is 13.5 Å². The van der Waals surface area contributed by atoms with Crippen molar-refractivity contribution in [3.05, 3.63) is 64.2 Å². The standard InChI is InChI=1S/C16H17F2NO/c1-9-4-10(2)6-11(5-9)16(19)15-13(17)7-12(20-3)8-14(15)18/h4-8,16H,19H2,1-3H3. The van der Waals surface area contributed by atoms with Crippen molar-refractivity contribution in [2.45, 2.75) is 19.9 Å². The Morgan fingerprint density at radius 2 is 1.45 bits per heavy atom. The average molecular weight is 277 g/mol. The van der Waals surface area contributed by atoms with Gasteiger partial charge >= 0.3 is 0 Å². The molecule has 0 spiro atoms. The molecule has 20 heavy (non-hydrogen) atoms. The Hall–Kier alpha value is -1.94. The molecular weight excluding hydrogens is 260 g/mol. The third-order valence-corrected chi connectivity index (χ3v) is 3.20. The van der Waals surface area contributed by atoms with E-state index >= 15 is 0 Å². The van der Waals surface area contributed by atoms with Crippen molar-refractivity contribution in [2.24, 2.45) is 5.73 Å². The minimum Gasteiger partial charge on any atom is -0.497 e. The fourth-order valence-corrected chi connectivity index (χ4v) is 2.33. The molecule has 0 aromatic heterocycles. The second kappa shape index (κ2) is 5.59. The molecule has 0 aliphatic rings. The number of nitrogens with two attached hydrogens (primary N) is 1. The van der Waals surface area contributed by atoms with E-state index in [0.717, 1.165) is 23.3 Å². The van der Waals surface area contributed by atoms with E-state index in [2.05, 4.69) is 0 Å². The zero-order valence-electron chi connectivity index (χ0n) is 11.7. The molecule has 0 heterocycles. The summed E-state index contributed by atoms with van der Waals surface area (Å²) < 4.78 is 32.9. The first kappa shape index (κ1) is 14.5. The molecule has 0 amide bonds. The molecule has 0 aliphatic carbocycles. The maximum Gasteiger partial charge on any atom is 0.134 e. The fraction of sp³-hybridized carbons (Fsp3) is 0.250. The Kier molecular flexibility index (Phi) is 4.04. The third-order valence-electron chi connectivity index (χ3n) is 3.20. The highest BCUT2D eigenvalue weighted by Gasteiger charge is 2.20.